The second-order valence-corrected chi connectivity index (χ2v) is 5.05. The number of nitrogens with two attached hydrogens (primary N) is 1. The smallest absolute Gasteiger partial charge is 0.142 e. The lowest BCUT2D eigenvalue weighted by Gasteiger charge is -2.02. The second kappa shape index (κ2) is 4.72. The Morgan fingerprint density at radius 2 is 1.95 bits per heavy atom. The lowest BCUT2D eigenvalue weighted by molar-refractivity contribution is 0.415. The first kappa shape index (κ1) is 12.8. The quantitative estimate of drug-likeness (QED) is 0.784. The van der Waals surface area contributed by atoms with E-state index in [1.165, 1.54) is 0 Å². The molecule has 0 saturated heterocycles. The summed E-state index contributed by atoms with van der Waals surface area (Å²) in [5.74, 6) is 1.38. The van der Waals surface area contributed by atoms with Gasteiger partial charge in [-0.2, -0.15) is 0 Å². The molecule has 0 aliphatic rings. The minimum atomic E-state index is 0.579. The van der Waals surface area contributed by atoms with Gasteiger partial charge in [0.05, 0.1) is 12.1 Å². The number of hydrogen-bond donors (Lipinski definition) is 1. The van der Waals surface area contributed by atoms with Gasteiger partial charge in [0.1, 0.15) is 22.9 Å². The molecule has 1 aromatic carbocycles. The third kappa shape index (κ3) is 1.98. The van der Waals surface area contributed by atoms with Crippen LogP contribution in [0.5, 0.6) is 5.75 Å². The molecule has 0 atom stereocenters. The Morgan fingerprint density at radius 1 is 1.25 bits per heavy atom. The summed E-state index contributed by atoms with van der Waals surface area (Å²) in [7, 11) is 1.64. The van der Waals surface area contributed by atoms with Gasteiger partial charge in [-0.1, -0.05) is 11.6 Å². The Balaban J connectivity index is 2.20. The van der Waals surface area contributed by atoms with E-state index in [0.29, 0.717) is 10.8 Å². The third-order valence-electron chi connectivity index (χ3n) is 3.27. The highest BCUT2D eigenvalue weighted by Crippen LogP contribution is 2.30. The van der Waals surface area contributed by atoms with Crippen molar-refractivity contribution in [3.05, 3.63) is 47.1 Å². The van der Waals surface area contributed by atoms with Gasteiger partial charge in [0.2, 0.25) is 0 Å². The van der Waals surface area contributed by atoms with E-state index < -0.39 is 0 Å². The zero-order valence-electron chi connectivity index (χ0n) is 11.2. The van der Waals surface area contributed by atoms with Crippen LogP contribution in [0.2, 0.25) is 5.02 Å². The summed E-state index contributed by atoms with van der Waals surface area (Å²) >= 11 is 6.07. The van der Waals surface area contributed by atoms with E-state index in [2.05, 4.69) is 4.98 Å². The molecule has 0 saturated carbocycles. The number of methoxy groups -OCH3 is 1. The van der Waals surface area contributed by atoms with Crippen molar-refractivity contribution >= 4 is 23.1 Å². The van der Waals surface area contributed by atoms with Crippen LogP contribution in [0.1, 0.15) is 5.56 Å². The number of imidazole rings is 1. The molecule has 5 heteroatoms. The van der Waals surface area contributed by atoms with Crippen LogP contribution >= 0.6 is 11.6 Å². The van der Waals surface area contributed by atoms with E-state index in [9.17, 15) is 0 Å². The first-order valence-corrected chi connectivity index (χ1v) is 6.56. The van der Waals surface area contributed by atoms with Crippen LogP contribution in [0.3, 0.4) is 0 Å². The van der Waals surface area contributed by atoms with Crippen molar-refractivity contribution in [1.82, 2.24) is 9.38 Å². The molecule has 0 fully saturated rings. The maximum atomic E-state index is 6.19. The molecule has 2 N–H and O–H groups in total. The van der Waals surface area contributed by atoms with Gasteiger partial charge in [0, 0.05) is 11.8 Å². The van der Waals surface area contributed by atoms with Crippen LogP contribution in [0.15, 0.2) is 36.5 Å². The summed E-state index contributed by atoms with van der Waals surface area (Å²) in [6.07, 6.45) is 1.78. The van der Waals surface area contributed by atoms with E-state index >= 15 is 0 Å². The SMILES string of the molecule is COc1ccc(-c2nc3c(C)cc(Cl)cn3c2N)cc1. The Labute approximate surface area is 121 Å². The Bertz CT molecular complexity index is 778. The average molecular weight is 288 g/mol. The van der Waals surface area contributed by atoms with Gasteiger partial charge in [-0.3, -0.25) is 4.40 Å². The largest absolute Gasteiger partial charge is 0.497 e. The minimum absolute atomic E-state index is 0.579. The fraction of sp³-hybridized carbons (Fsp3) is 0.133. The molecular weight excluding hydrogens is 274 g/mol. The zero-order valence-corrected chi connectivity index (χ0v) is 12.0. The van der Waals surface area contributed by atoms with Crippen LogP contribution in [0.4, 0.5) is 5.82 Å². The predicted octanol–water partition coefficient (Wildman–Crippen LogP) is 3.55. The molecule has 4 nitrogen and oxygen atoms in total. The Morgan fingerprint density at radius 3 is 2.60 bits per heavy atom. The number of aryl methyl sites for hydroxylation is 1. The van der Waals surface area contributed by atoms with Gasteiger partial charge in [0.25, 0.3) is 0 Å². The molecule has 0 amide bonds. The number of hydrogen-bond acceptors (Lipinski definition) is 3. The van der Waals surface area contributed by atoms with Crippen molar-refractivity contribution in [3.8, 4) is 17.0 Å². The van der Waals surface area contributed by atoms with Crippen LogP contribution in [0, 0.1) is 6.92 Å². The molecule has 0 radical (unpaired) electrons. The van der Waals surface area contributed by atoms with Crippen molar-refractivity contribution in [3.63, 3.8) is 0 Å². The van der Waals surface area contributed by atoms with Crippen molar-refractivity contribution in [2.45, 2.75) is 6.92 Å². The summed E-state index contributed by atoms with van der Waals surface area (Å²) in [5.41, 5.74) is 9.69. The number of aromatic nitrogens is 2. The first-order chi connectivity index (χ1) is 9.60. The van der Waals surface area contributed by atoms with Crippen molar-refractivity contribution in [2.75, 3.05) is 12.8 Å². The number of nitrogens with zero attached hydrogens (tertiary/aromatic N) is 2. The Hall–Kier alpha value is -2.20. The van der Waals surface area contributed by atoms with Crippen LogP contribution in [-0.2, 0) is 0 Å². The van der Waals surface area contributed by atoms with Gasteiger partial charge in [-0.15, -0.1) is 0 Å². The highest BCUT2D eigenvalue weighted by molar-refractivity contribution is 6.30. The van der Waals surface area contributed by atoms with Gasteiger partial charge in [-0.05, 0) is 42.8 Å². The van der Waals surface area contributed by atoms with E-state index in [1.807, 2.05) is 41.7 Å². The number of halogens is 1. The lowest BCUT2D eigenvalue weighted by Crippen LogP contribution is -1.95. The Kier molecular flexibility index (Phi) is 3.03. The van der Waals surface area contributed by atoms with Gasteiger partial charge in [0.15, 0.2) is 0 Å². The molecule has 0 aliphatic carbocycles. The van der Waals surface area contributed by atoms with E-state index in [4.69, 9.17) is 22.1 Å². The molecule has 0 unspecified atom stereocenters. The molecule has 2 aromatic heterocycles. The molecule has 0 aliphatic heterocycles. The number of pyridine rings is 1. The highest BCUT2D eigenvalue weighted by atomic mass is 35.5. The molecule has 102 valence electrons. The second-order valence-electron chi connectivity index (χ2n) is 4.61. The fourth-order valence-corrected chi connectivity index (χ4v) is 2.51. The standard InChI is InChI=1S/C15H14ClN3O/c1-9-7-11(16)8-19-14(17)13(18-15(9)19)10-3-5-12(20-2)6-4-10/h3-8H,17H2,1-2H3. The number of fused-ring (bicyclic) bond motifs is 1. The van der Waals surface area contributed by atoms with E-state index in [1.54, 1.807) is 13.3 Å². The van der Waals surface area contributed by atoms with Crippen LogP contribution in [0.25, 0.3) is 16.9 Å². The van der Waals surface area contributed by atoms with Gasteiger partial charge in [-0.25, -0.2) is 4.98 Å². The lowest BCUT2D eigenvalue weighted by atomic mass is 10.1. The molecule has 0 bridgehead atoms. The fourth-order valence-electron chi connectivity index (χ4n) is 2.25. The average Bonchev–Trinajstić information content (AvgIpc) is 2.77. The molecule has 2 heterocycles. The monoisotopic (exact) mass is 287 g/mol. The number of ether oxygens (including phenoxy) is 1. The summed E-state index contributed by atoms with van der Waals surface area (Å²) in [6.45, 7) is 1.96. The maximum Gasteiger partial charge on any atom is 0.142 e. The molecule has 3 rings (SSSR count). The molecule has 20 heavy (non-hydrogen) atoms. The predicted molar refractivity (Wildman–Crippen MR) is 81.3 cm³/mol. The van der Waals surface area contributed by atoms with E-state index in [-0.39, 0.29) is 0 Å². The number of anilines is 1. The number of rotatable bonds is 2. The maximum absolute atomic E-state index is 6.19. The summed E-state index contributed by atoms with van der Waals surface area (Å²) in [6, 6.07) is 9.53. The number of benzene rings is 1. The van der Waals surface area contributed by atoms with Gasteiger partial charge < -0.3 is 10.5 Å². The summed E-state index contributed by atoms with van der Waals surface area (Å²) in [5, 5.41) is 0.639. The van der Waals surface area contributed by atoms with Crippen LogP contribution < -0.4 is 10.5 Å². The molecule has 3 aromatic rings. The minimum Gasteiger partial charge on any atom is -0.497 e. The molecular formula is C15H14ClN3O. The van der Waals surface area contributed by atoms with Crippen molar-refractivity contribution in [1.29, 1.82) is 0 Å². The normalized spacial score (nSPS) is 10.9. The first-order valence-electron chi connectivity index (χ1n) is 6.18. The van der Waals surface area contributed by atoms with Crippen molar-refractivity contribution < 1.29 is 4.74 Å². The molecule has 0 spiro atoms. The number of nitrogen functional groups attached to an aromatic ring is 1. The highest BCUT2D eigenvalue weighted by Gasteiger charge is 2.13. The van der Waals surface area contributed by atoms with Crippen molar-refractivity contribution in [2.24, 2.45) is 0 Å². The topological polar surface area (TPSA) is 52.5 Å². The summed E-state index contributed by atoms with van der Waals surface area (Å²) < 4.78 is 6.97. The van der Waals surface area contributed by atoms with Gasteiger partial charge >= 0.3 is 0 Å². The third-order valence-corrected chi connectivity index (χ3v) is 3.48. The summed E-state index contributed by atoms with van der Waals surface area (Å²) in [4.78, 5) is 4.62. The van der Waals surface area contributed by atoms with E-state index in [0.717, 1.165) is 28.2 Å². The van der Waals surface area contributed by atoms with Crippen LogP contribution in [-0.4, -0.2) is 16.5 Å². The zero-order chi connectivity index (χ0) is 14.3.